The van der Waals surface area contributed by atoms with Crippen LogP contribution in [0.5, 0.6) is 0 Å². The molecule has 0 saturated carbocycles. The summed E-state index contributed by atoms with van der Waals surface area (Å²) < 4.78 is 0. The molecular formula is C20H45OP. The first-order valence-corrected chi connectivity index (χ1v) is 12.6. The third kappa shape index (κ3) is 12.9. The summed E-state index contributed by atoms with van der Waals surface area (Å²) in [7, 11) is -0.615. The fraction of sp³-hybridized carbons (Fsp3) is 1.00. The molecule has 0 unspecified atom stereocenters. The summed E-state index contributed by atoms with van der Waals surface area (Å²) in [6.07, 6.45) is 24.0. The maximum Gasteiger partial charge on any atom is 0.0594 e. The maximum atomic E-state index is 2.35. The van der Waals surface area contributed by atoms with Gasteiger partial charge in [0.1, 0.15) is 0 Å². The number of rotatable bonds is 16. The average molecular weight is 333 g/mol. The van der Waals surface area contributed by atoms with Gasteiger partial charge in [0.15, 0.2) is 0 Å². The number of hydrogen-bond acceptors (Lipinski definition) is 1. The SMILES string of the molecule is CCCCC[P+](CCCCC)(CCCCC)CCCCC.[OH-]. The quantitative estimate of drug-likeness (QED) is 0.211. The molecule has 0 aliphatic heterocycles. The van der Waals surface area contributed by atoms with Crippen LogP contribution < -0.4 is 0 Å². The van der Waals surface area contributed by atoms with E-state index in [4.69, 9.17) is 0 Å². The van der Waals surface area contributed by atoms with E-state index in [-0.39, 0.29) is 5.48 Å². The van der Waals surface area contributed by atoms with Crippen LogP contribution in [0.4, 0.5) is 0 Å². The van der Waals surface area contributed by atoms with Gasteiger partial charge in [0.05, 0.1) is 24.6 Å². The van der Waals surface area contributed by atoms with Crippen molar-refractivity contribution in [1.29, 1.82) is 0 Å². The van der Waals surface area contributed by atoms with E-state index in [2.05, 4.69) is 27.7 Å². The van der Waals surface area contributed by atoms with Crippen molar-refractivity contribution in [3.8, 4) is 0 Å². The Bertz CT molecular complexity index is 160. The van der Waals surface area contributed by atoms with Crippen LogP contribution in [0.3, 0.4) is 0 Å². The van der Waals surface area contributed by atoms with Crippen molar-refractivity contribution in [3.05, 3.63) is 0 Å². The van der Waals surface area contributed by atoms with Crippen LogP contribution in [-0.2, 0) is 0 Å². The standard InChI is InChI=1S/C20H44P.H2O/c1-5-9-13-17-21(18-14-10-6-2,19-15-11-7-3)20-16-12-8-4;/h5-20H2,1-4H3;1H2/q+1;/p-1. The van der Waals surface area contributed by atoms with Gasteiger partial charge in [-0.15, -0.1) is 0 Å². The first kappa shape index (κ1) is 24.6. The van der Waals surface area contributed by atoms with Gasteiger partial charge in [0.2, 0.25) is 0 Å². The van der Waals surface area contributed by atoms with Gasteiger partial charge in [-0.1, -0.05) is 79.1 Å². The summed E-state index contributed by atoms with van der Waals surface area (Å²) in [6, 6.07) is 0. The lowest BCUT2D eigenvalue weighted by atomic mass is 10.3. The number of hydrogen-bond donors (Lipinski definition) is 0. The van der Waals surface area contributed by atoms with Gasteiger partial charge < -0.3 is 5.48 Å². The van der Waals surface area contributed by atoms with Gasteiger partial charge in [-0.25, -0.2) is 0 Å². The topological polar surface area (TPSA) is 30.0 Å². The van der Waals surface area contributed by atoms with Crippen LogP contribution >= 0.6 is 7.26 Å². The Morgan fingerprint density at radius 3 is 0.818 bits per heavy atom. The average Bonchev–Trinajstić information content (AvgIpc) is 2.48. The Labute approximate surface area is 142 Å². The normalized spacial score (nSPS) is 11.5. The summed E-state index contributed by atoms with van der Waals surface area (Å²) in [6.45, 7) is 9.41. The van der Waals surface area contributed by atoms with Gasteiger partial charge in [-0.05, 0) is 25.7 Å². The van der Waals surface area contributed by atoms with Crippen LogP contribution in [0.2, 0.25) is 0 Å². The molecule has 0 heterocycles. The highest BCUT2D eigenvalue weighted by atomic mass is 31.2. The molecule has 0 aliphatic rings. The van der Waals surface area contributed by atoms with E-state index >= 15 is 0 Å². The van der Waals surface area contributed by atoms with Crippen molar-refractivity contribution in [3.63, 3.8) is 0 Å². The smallest absolute Gasteiger partial charge is 0.0594 e. The molecule has 22 heavy (non-hydrogen) atoms. The molecule has 0 amide bonds. The molecule has 0 spiro atoms. The van der Waals surface area contributed by atoms with E-state index in [1.54, 1.807) is 24.6 Å². The first-order chi connectivity index (χ1) is 10.2. The van der Waals surface area contributed by atoms with Gasteiger partial charge >= 0.3 is 0 Å². The molecule has 136 valence electrons. The van der Waals surface area contributed by atoms with Crippen molar-refractivity contribution >= 4 is 7.26 Å². The van der Waals surface area contributed by atoms with Crippen LogP contribution in [0.25, 0.3) is 0 Å². The maximum absolute atomic E-state index is 2.35. The van der Waals surface area contributed by atoms with Crippen LogP contribution in [0, 0.1) is 0 Å². The summed E-state index contributed by atoms with van der Waals surface area (Å²) in [5.41, 5.74) is 0. The Morgan fingerprint density at radius 1 is 0.409 bits per heavy atom. The predicted octanol–water partition coefficient (Wildman–Crippen LogP) is 7.59. The molecule has 0 radical (unpaired) electrons. The molecule has 0 aromatic carbocycles. The molecule has 0 rings (SSSR count). The fourth-order valence-corrected chi connectivity index (χ4v) is 8.38. The summed E-state index contributed by atoms with van der Waals surface area (Å²) in [5, 5.41) is 0. The minimum absolute atomic E-state index is 0. The van der Waals surface area contributed by atoms with Crippen molar-refractivity contribution in [2.45, 2.75) is 105 Å². The van der Waals surface area contributed by atoms with E-state index in [0.717, 1.165) is 0 Å². The Balaban J connectivity index is 0. The van der Waals surface area contributed by atoms with E-state index in [9.17, 15) is 0 Å². The van der Waals surface area contributed by atoms with E-state index in [1.165, 1.54) is 77.0 Å². The largest absolute Gasteiger partial charge is 0.870 e. The molecule has 0 bridgehead atoms. The summed E-state index contributed by atoms with van der Waals surface area (Å²) in [5.74, 6) is 0. The van der Waals surface area contributed by atoms with Crippen LogP contribution in [0.1, 0.15) is 105 Å². The lowest BCUT2D eigenvalue weighted by Gasteiger charge is -2.28. The molecule has 0 aliphatic carbocycles. The highest BCUT2D eigenvalue weighted by Gasteiger charge is 2.34. The van der Waals surface area contributed by atoms with Gasteiger partial charge in [0, 0.05) is 7.26 Å². The number of unbranched alkanes of at least 4 members (excludes halogenated alkanes) is 8. The van der Waals surface area contributed by atoms with Crippen LogP contribution in [0.15, 0.2) is 0 Å². The lowest BCUT2D eigenvalue weighted by Crippen LogP contribution is -2.13. The third-order valence-electron chi connectivity index (χ3n) is 4.94. The second-order valence-electron chi connectivity index (χ2n) is 7.06. The predicted molar refractivity (Wildman–Crippen MR) is 106 cm³/mol. The van der Waals surface area contributed by atoms with Crippen molar-refractivity contribution in [2.24, 2.45) is 0 Å². The van der Waals surface area contributed by atoms with Crippen LogP contribution in [-0.4, -0.2) is 30.1 Å². The second kappa shape index (κ2) is 17.7. The summed E-state index contributed by atoms with van der Waals surface area (Å²) in [4.78, 5) is 0. The Morgan fingerprint density at radius 2 is 0.636 bits per heavy atom. The van der Waals surface area contributed by atoms with Gasteiger partial charge in [0.25, 0.3) is 0 Å². The van der Waals surface area contributed by atoms with E-state index in [1.807, 2.05) is 0 Å². The monoisotopic (exact) mass is 332 g/mol. The highest BCUT2D eigenvalue weighted by molar-refractivity contribution is 7.75. The molecule has 0 fully saturated rings. The van der Waals surface area contributed by atoms with Gasteiger partial charge in [-0.3, -0.25) is 0 Å². The first-order valence-electron chi connectivity index (χ1n) is 10.1. The third-order valence-corrected chi connectivity index (χ3v) is 10.0. The zero-order chi connectivity index (χ0) is 15.8. The molecule has 0 aromatic rings. The fourth-order valence-electron chi connectivity index (χ4n) is 3.46. The molecular weight excluding hydrogens is 287 g/mol. The second-order valence-corrected chi connectivity index (χ2v) is 11.5. The van der Waals surface area contributed by atoms with E-state index < -0.39 is 7.26 Å². The van der Waals surface area contributed by atoms with Crippen molar-refractivity contribution in [2.75, 3.05) is 24.6 Å². The highest BCUT2D eigenvalue weighted by Crippen LogP contribution is 2.61. The van der Waals surface area contributed by atoms with Crippen molar-refractivity contribution < 1.29 is 5.48 Å². The Hall–Kier alpha value is 0.390. The van der Waals surface area contributed by atoms with Crippen molar-refractivity contribution in [1.82, 2.24) is 0 Å². The zero-order valence-electron chi connectivity index (χ0n) is 16.2. The minimum Gasteiger partial charge on any atom is -0.870 e. The zero-order valence-corrected chi connectivity index (χ0v) is 17.1. The molecule has 1 nitrogen and oxygen atoms in total. The van der Waals surface area contributed by atoms with Gasteiger partial charge in [-0.2, -0.15) is 0 Å². The molecule has 0 atom stereocenters. The minimum atomic E-state index is -0.615. The molecule has 0 aromatic heterocycles. The molecule has 2 heteroatoms. The lowest BCUT2D eigenvalue weighted by molar-refractivity contribution is 0.728. The van der Waals surface area contributed by atoms with E-state index in [0.29, 0.717) is 0 Å². The Kier molecular flexibility index (Phi) is 19.9. The molecule has 1 N–H and O–H groups in total. The molecule has 0 saturated heterocycles. The summed E-state index contributed by atoms with van der Waals surface area (Å²) >= 11 is 0.